The number of nitrogens with zero attached hydrogens (tertiary/aromatic N) is 2. The summed E-state index contributed by atoms with van der Waals surface area (Å²) in [6, 6.07) is 15.6. The van der Waals surface area contributed by atoms with Crippen molar-refractivity contribution in [2.24, 2.45) is 0 Å². The van der Waals surface area contributed by atoms with Crippen LogP contribution in [0.25, 0.3) is 32.0 Å². The van der Waals surface area contributed by atoms with Crippen molar-refractivity contribution in [3.05, 3.63) is 76.2 Å². The molecule has 0 radical (unpaired) electrons. The Bertz CT molecular complexity index is 1320. The minimum Gasteiger partial charge on any atom is -0.423 e. The summed E-state index contributed by atoms with van der Waals surface area (Å²) in [5.74, 6) is 0.639. The zero-order valence-corrected chi connectivity index (χ0v) is 15.1. The Morgan fingerprint density at radius 3 is 2.96 bits per heavy atom. The van der Waals surface area contributed by atoms with Gasteiger partial charge in [-0.15, -0.1) is 23.1 Å². The van der Waals surface area contributed by atoms with Crippen LogP contribution < -0.4 is 5.63 Å². The monoisotopic (exact) mass is 376 g/mol. The zero-order valence-electron chi connectivity index (χ0n) is 13.5. The van der Waals surface area contributed by atoms with Gasteiger partial charge in [0.25, 0.3) is 0 Å². The molecular formula is C20H12N2O2S2. The quantitative estimate of drug-likeness (QED) is 0.186. The highest BCUT2D eigenvalue weighted by Gasteiger charge is 2.12. The SMILES string of the molecule is O=c1cc(CSc2ncnc3ccsc23)c2c(ccc3ccccc32)o1. The van der Waals surface area contributed by atoms with Crippen LogP contribution in [0.1, 0.15) is 5.56 Å². The van der Waals surface area contributed by atoms with Gasteiger partial charge in [0, 0.05) is 17.2 Å². The van der Waals surface area contributed by atoms with Gasteiger partial charge >= 0.3 is 5.63 Å². The second-order valence-corrected chi connectivity index (χ2v) is 7.73. The number of aromatic nitrogens is 2. The lowest BCUT2D eigenvalue weighted by Crippen LogP contribution is -2.00. The summed E-state index contributed by atoms with van der Waals surface area (Å²) in [7, 11) is 0. The molecule has 0 amide bonds. The van der Waals surface area contributed by atoms with Crippen molar-refractivity contribution in [2.75, 3.05) is 0 Å². The Labute approximate surface area is 156 Å². The largest absolute Gasteiger partial charge is 0.423 e. The van der Waals surface area contributed by atoms with Crippen molar-refractivity contribution in [2.45, 2.75) is 10.8 Å². The van der Waals surface area contributed by atoms with Crippen molar-refractivity contribution in [1.82, 2.24) is 9.97 Å². The predicted octanol–water partition coefficient (Wildman–Crippen LogP) is 5.24. The van der Waals surface area contributed by atoms with E-state index in [0.29, 0.717) is 11.3 Å². The first-order chi connectivity index (χ1) is 12.8. The van der Waals surface area contributed by atoms with Gasteiger partial charge in [0.15, 0.2) is 0 Å². The van der Waals surface area contributed by atoms with E-state index in [1.54, 1.807) is 35.5 Å². The molecule has 3 heterocycles. The Balaban J connectivity index is 1.65. The Morgan fingerprint density at radius 2 is 2.00 bits per heavy atom. The molecule has 0 atom stereocenters. The predicted molar refractivity (Wildman–Crippen MR) is 107 cm³/mol. The summed E-state index contributed by atoms with van der Waals surface area (Å²) in [5, 5.41) is 6.16. The highest BCUT2D eigenvalue weighted by Crippen LogP contribution is 2.34. The number of fused-ring (bicyclic) bond motifs is 4. The van der Waals surface area contributed by atoms with Crippen LogP contribution >= 0.6 is 23.1 Å². The summed E-state index contributed by atoms with van der Waals surface area (Å²) < 4.78 is 6.51. The number of thioether (sulfide) groups is 1. The van der Waals surface area contributed by atoms with E-state index in [0.717, 1.165) is 37.0 Å². The maximum Gasteiger partial charge on any atom is 0.336 e. The number of benzene rings is 2. The lowest BCUT2D eigenvalue weighted by atomic mass is 10.0. The van der Waals surface area contributed by atoms with Crippen LogP contribution in [0.5, 0.6) is 0 Å². The maximum absolute atomic E-state index is 12.0. The van der Waals surface area contributed by atoms with Crippen molar-refractivity contribution in [3.8, 4) is 0 Å². The van der Waals surface area contributed by atoms with E-state index in [-0.39, 0.29) is 5.63 Å². The Hall–Kier alpha value is -2.70. The Morgan fingerprint density at radius 1 is 1.08 bits per heavy atom. The highest BCUT2D eigenvalue weighted by molar-refractivity contribution is 7.98. The summed E-state index contributed by atoms with van der Waals surface area (Å²) in [4.78, 5) is 20.7. The maximum atomic E-state index is 12.0. The summed E-state index contributed by atoms with van der Waals surface area (Å²) >= 11 is 3.25. The minimum atomic E-state index is -0.327. The van der Waals surface area contributed by atoms with Gasteiger partial charge in [-0.3, -0.25) is 0 Å². The third-order valence-corrected chi connectivity index (χ3v) is 6.37. The fraction of sp³-hybridized carbons (Fsp3) is 0.0500. The van der Waals surface area contributed by atoms with Gasteiger partial charge in [-0.25, -0.2) is 14.8 Å². The third-order valence-electron chi connectivity index (χ3n) is 4.29. The van der Waals surface area contributed by atoms with Crippen LogP contribution in [0.4, 0.5) is 0 Å². The van der Waals surface area contributed by atoms with Gasteiger partial charge in [-0.2, -0.15) is 0 Å². The normalized spacial score (nSPS) is 11.5. The molecule has 5 aromatic rings. The molecule has 0 aliphatic heterocycles. The van der Waals surface area contributed by atoms with Gasteiger partial charge in [-0.05, 0) is 33.8 Å². The van der Waals surface area contributed by atoms with Gasteiger partial charge in [-0.1, -0.05) is 30.3 Å². The van der Waals surface area contributed by atoms with Crippen LogP contribution in [0.2, 0.25) is 0 Å². The van der Waals surface area contributed by atoms with Gasteiger partial charge in [0.1, 0.15) is 16.9 Å². The molecule has 126 valence electrons. The average molecular weight is 376 g/mol. The molecule has 0 aliphatic carbocycles. The van der Waals surface area contributed by atoms with Crippen molar-refractivity contribution < 1.29 is 4.42 Å². The fourth-order valence-corrected chi connectivity index (χ4v) is 5.08. The van der Waals surface area contributed by atoms with E-state index < -0.39 is 0 Å². The molecule has 6 heteroatoms. The van der Waals surface area contributed by atoms with E-state index >= 15 is 0 Å². The van der Waals surface area contributed by atoms with Crippen molar-refractivity contribution in [1.29, 1.82) is 0 Å². The van der Waals surface area contributed by atoms with Crippen molar-refractivity contribution >= 4 is 55.1 Å². The first kappa shape index (κ1) is 15.5. The molecule has 26 heavy (non-hydrogen) atoms. The van der Waals surface area contributed by atoms with Gasteiger partial charge < -0.3 is 4.42 Å². The highest BCUT2D eigenvalue weighted by atomic mass is 32.2. The molecule has 0 fully saturated rings. The summed E-state index contributed by atoms with van der Waals surface area (Å²) in [6.45, 7) is 0. The van der Waals surface area contributed by atoms with Gasteiger partial charge in [0.2, 0.25) is 0 Å². The van der Waals surface area contributed by atoms with E-state index in [1.165, 1.54) is 0 Å². The first-order valence-corrected chi connectivity index (χ1v) is 9.91. The van der Waals surface area contributed by atoms with Crippen molar-refractivity contribution in [3.63, 3.8) is 0 Å². The second-order valence-electron chi connectivity index (χ2n) is 5.85. The lowest BCUT2D eigenvalue weighted by molar-refractivity contribution is 0.560. The van der Waals surface area contributed by atoms with E-state index in [9.17, 15) is 4.79 Å². The molecule has 3 aromatic heterocycles. The molecule has 4 nitrogen and oxygen atoms in total. The zero-order chi connectivity index (χ0) is 17.5. The topological polar surface area (TPSA) is 56.0 Å². The molecule has 2 aromatic carbocycles. The molecule has 0 aliphatic rings. The molecule has 0 unspecified atom stereocenters. The number of rotatable bonds is 3. The van der Waals surface area contributed by atoms with Crippen LogP contribution in [0.3, 0.4) is 0 Å². The van der Waals surface area contributed by atoms with Crippen LogP contribution in [0.15, 0.2) is 74.5 Å². The summed E-state index contributed by atoms with van der Waals surface area (Å²) in [6.07, 6.45) is 1.59. The number of thiophene rings is 1. The first-order valence-electron chi connectivity index (χ1n) is 8.05. The average Bonchev–Trinajstić information content (AvgIpc) is 3.15. The molecular weight excluding hydrogens is 364 g/mol. The van der Waals surface area contributed by atoms with Crippen LogP contribution in [0, 0.1) is 0 Å². The standard InChI is InChI=1S/C20H12N2O2S2/c23-17-9-13(10-26-20-19-15(7-8-25-19)21-11-22-20)18-14-4-2-1-3-12(14)5-6-16(18)24-17/h1-9,11H,10H2. The third kappa shape index (κ3) is 2.58. The molecule has 0 N–H and O–H groups in total. The summed E-state index contributed by atoms with van der Waals surface area (Å²) in [5.41, 5.74) is 2.21. The molecule has 0 bridgehead atoms. The minimum absolute atomic E-state index is 0.327. The molecule has 5 rings (SSSR count). The number of hydrogen-bond donors (Lipinski definition) is 0. The van der Waals surface area contributed by atoms with Crippen LogP contribution in [-0.4, -0.2) is 9.97 Å². The van der Waals surface area contributed by atoms with Gasteiger partial charge in [0.05, 0.1) is 10.2 Å². The van der Waals surface area contributed by atoms with E-state index in [1.807, 2.05) is 35.7 Å². The fourth-order valence-electron chi connectivity index (χ4n) is 3.15. The Kier molecular flexibility index (Phi) is 3.72. The van der Waals surface area contributed by atoms with Crippen LogP contribution in [-0.2, 0) is 5.75 Å². The smallest absolute Gasteiger partial charge is 0.336 e. The second kappa shape index (κ2) is 6.23. The molecule has 0 saturated heterocycles. The molecule has 0 spiro atoms. The number of hydrogen-bond acceptors (Lipinski definition) is 6. The van der Waals surface area contributed by atoms with E-state index in [4.69, 9.17) is 4.42 Å². The molecule has 0 saturated carbocycles. The lowest BCUT2D eigenvalue weighted by Gasteiger charge is -2.08. The van der Waals surface area contributed by atoms with E-state index in [2.05, 4.69) is 22.1 Å².